The molecule has 152 valence electrons. The second-order valence-corrected chi connectivity index (χ2v) is 6.85. The highest BCUT2D eigenvalue weighted by Gasteiger charge is 2.06. The smallest absolute Gasteiger partial charge is 0.187 e. The molecule has 3 heterocycles. The molecule has 4 aromatic rings. The van der Waals surface area contributed by atoms with Crippen LogP contribution in [0, 0.1) is 6.92 Å². The molecule has 7 heteroatoms. The monoisotopic (exact) mass is 409 g/mol. The van der Waals surface area contributed by atoms with E-state index in [1.165, 1.54) is 6.42 Å². The molecule has 1 aromatic carbocycles. The first-order valence-electron chi connectivity index (χ1n) is 9.70. The molecule has 0 bridgehead atoms. The maximum absolute atomic E-state index is 9.39. The lowest BCUT2D eigenvalue weighted by molar-refractivity contribution is 0.475. The van der Waals surface area contributed by atoms with Gasteiger partial charge in [0.25, 0.3) is 0 Å². The molecule has 3 aromatic heterocycles. The lowest BCUT2D eigenvalue weighted by Gasteiger charge is -2.05. The molecule has 0 spiro atoms. The molecule has 0 aliphatic rings. The zero-order valence-electron chi connectivity index (χ0n) is 17.5. The van der Waals surface area contributed by atoms with Gasteiger partial charge in [0.15, 0.2) is 11.0 Å². The number of nitrogens with zero attached hydrogens (tertiary/aromatic N) is 4. The van der Waals surface area contributed by atoms with Gasteiger partial charge in [-0.2, -0.15) is 0 Å². The van der Waals surface area contributed by atoms with Gasteiger partial charge in [-0.3, -0.25) is 4.98 Å². The summed E-state index contributed by atoms with van der Waals surface area (Å²) in [4.78, 5) is 17.7. The van der Waals surface area contributed by atoms with Crippen molar-refractivity contribution < 1.29 is 5.11 Å². The Kier molecular flexibility index (Phi) is 8.48. The van der Waals surface area contributed by atoms with Crippen molar-refractivity contribution in [2.24, 2.45) is 0 Å². The Morgan fingerprint density at radius 3 is 2.28 bits per heavy atom. The van der Waals surface area contributed by atoms with Gasteiger partial charge < -0.3 is 10.4 Å². The summed E-state index contributed by atoms with van der Waals surface area (Å²) in [6.07, 6.45) is 4.69. The molecule has 29 heavy (non-hydrogen) atoms. The number of phenols is 1. The standard InChI is InChI=1S/C17H13N5OS.C3H8.C2H6/c1-10-9-24-17(20-10)21-12-6-14-15(18-7-12)8-19-16(22-14)11-2-4-13(23)5-3-11;1-3-2;1-2/h2-9,23H,1H3,(H,20,21);3H2,1-2H3;1-2H3. The van der Waals surface area contributed by atoms with Crippen molar-refractivity contribution in [3.8, 4) is 17.1 Å². The number of benzene rings is 1. The third-order valence-electron chi connectivity index (χ3n) is 3.43. The number of rotatable bonds is 3. The van der Waals surface area contributed by atoms with Crippen molar-refractivity contribution in [2.45, 2.75) is 41.0 Å². The second-order valence-electron chi connectivity index (χ2n) is 5.99. The highest BCUT2D eigenvalue weighted by molar-refractivity contribution is 7.13. The Balaban J connectivity index is 0.000000551. The number of phenolic OH excluding ortho intramolecular Hbond substituents is 1. The van der Waals surface area contributed by atoms with Crippen molar-refractivity contribution >= 4 is 33.2 Å². The molecule has 0 atom stereocenters. The van der Waals surface area contributed by atoms with E-state index in [0.717, 1.165) is 33.1 Å². The Morgan fingerprint density at radius 2 is 1.66 bits per heavy atom. The van der Waals surface area contributed by atoms with Crippen molar-refractivity contribution in [1.82, 2.24) is 19.9 Å². The highest BCUT2D eigenvalue weighted by Crippen LogP contribution is 2.24. The number of aromatic nitrogens is 4. The molecule has 6 nitrogen and oxygen atoms in total. The van der Waals surface area contributed by atoms with E-state index in [4.69, 9.17) is 0 Å². The number of fused-ring (bicyclic) bond motifs is 1. The van der Waals surface area contributed by atoms with Gasteiger partial charge in [0.1, 0.15) is 11.3 Å². The van der Waals surface area contributed by atoms with Crippen molar-refractivity contribution in [3.63, 3.8) is 0 Å². The van der Waals surface area contributed by atoms with Crippen LogP contribution in [0.15, 0.2) is 48.1 Å². The number of nitrogens with one attached hydrogen (secondary N) is 1. The zero-order valence-corrected chi connectivity index (χ0v) is 18.3. The maximum atomic E-state index is 9.39. The summed E-state index contributed by atoms with van der Waals surface area (Å²) in [6, 6.07) is 8.72. The van der Waals surface area contributed by atoms with Crippen LogP contribution in [0.5, 0.6) is 5.75 Å². The van der Waals surface area contributed by atoms with Gasteiger partial charge >= 0.3 is 0 Å². The van der Waals surface area contributed by atoms with Gasteiger partial charge in [0.2, 0.25) is 0 Å². The van der Waals surface area contributed by atoms with Crippen LogP contribution in [0.2, 0.25) is 0 Å². The van der Waals surface area contributed by atoms with E-state index in [9.17, 15) is 5.11 Å². The fourth-order valence-corrected chi connectivity index (χ4v) is 2.98. The summed E-state index contributed by atoms with van der Waals surface area (Å²) < 4.78 is 0. The Bertz CT molecular complexity index is 1030. The van der Waals surface area contributed by atoms with Crippen LogP contribution in [0.4, 0.5) is 10.8 Å². The number of hydrogen-bond acceptors (Lipinski definition) is 7. The van der Waals surface area contributed by atoms with Crippen LogP contribution in [0.25, 0.3) is 22.4 Å². The average Bonchev–Trinajstić information content (AvgIpc) is 3.15. The van der Waals surface area contributed by atoms with Crippen LogP contribution >= 0.6 is 11.3 Å². The SMILES string of the molecule is CC.CCC.Cc1csc(Nc2cnc3cnc(-c4ccc(O)cc4)nc3c2)n1. The summed E-state index contributed by atoms with van der Waals surface area (Å²) in [5.41, 5.74) is 4.11. The number of aromatic hydroxyl groups is 1. The van der Waals surface area contributed by atoms with Gasteiger partial charge in [-0.25, -0.2) is 15.0 Å². The van der Waals surface area contributed by atoms with E-state index in [2.05, 4.69) is 39.1 Å². The highest BCUT2D eigenvalue weighted by atomic mass is 32.1. The zero-order chi connectivity index (χ0) is 21.2. The van der Waals surface area contributed by atoms with Crippen molar-refractivity contribution in [2.75, 3.05) is 5.32 Å². The van der Waals surface area contributed by atoms with Crippen molar-refractivity contribution in [1.29, 1.82) is 0 Å². The lowest BCUT2D eigenvalue weighted by atomic mass is 10.2. The minimum atomic E-state index is 0.214. The number of anilines is 2. The Hall–Kier alpha value is -3.06. The molecule has 2 N–H and O–H groups in total. The van der Waals surface area contributed by atoms with Crippen LogP contribution in [0.3, 0.4) is 0 Å². The quantitative estimate of drug-likeness (QED) is 0.410. The molecular formula is C22H27N5OS. The summed E-state index contributed by atoms with van der Waals surface area (Å²) in [5.74, 6) is 0.804. The minimum Gasteiger partial charge on any atom is -0.508 e. The van der Waals surface area contributed by atoms with E-state index >= 15 is 0 Å². The van der Waals surface area contributed by atoms with Crippen LogP contribution in [-0.2, 0) is 0 Å². The van der Waals surface area contributed by atoms with Crippen LogP contribution in [-0.4, -0.2) is 25.0 Å². The number of hydrogen-bond donors (Lipinski definition) is 2. The minimum absolute atomic E-state index is 0.214. The number of aryl methyl sites for hydroxylation is 1. The molecule has 0 unspecified atom stereocenters. The fourth-order valence-electron chi connectivity index (χ4n) is 2.27. The van der Waals surface area contributed by atoms with E-state index in [0.29, 0.717) is 5.82 Å². The average molecular weight is 410 g/mol. The Labute approximate surface area is 175 Å². The summed E-state index contributed by atoms with van der Waals surface area (Å²) in [7, 11) is 0. The summed E-state index contributed by atoms with van der Waals surface area (Å²) >= 11 is 1.54. The van der Waals surface area contributed by atoms with Gasteiger partial charge in [-0.1, -0.05) is 34.1 Å². The first kappa shape index (κ1) is 22.2. The first-order valence-corrected chi connectivity index (χ1v) is 10.6. The van der Waals surface area contributed by atoms with Crippen LogP contribution < -0.4 is 5.32 Å². The Morgan fingerprint density at radius 1 is 0.966 bits per heavy atom. The number of thiazole rings is 1. The molecular weight excluding hydrogens is 382 g/mol. The van der Waals surface area contributed by atoms with Crippen LogP contribution in [0.1, 0.15) is 39.8 Å². The maximum Gasteiger partial charge on any atom is 0.187 e. The summed E-state index contributed by atoms with van der Waals surface area (Å²) in [5, 5.41) is 15.4. The normalized spacial score (nSPS) is 9.83. The van der Waals surface area contributed by atoms with E-state index in [1.807, 2.05) is 32.2 Å². The van der Waals surface area contributed by atoms with Gasteiger partial charge in [-0.05, 0) is 37.3 Å². The van der Waals surface area contributed by atoms with Gasteiger partial charge in [-0.15, -0.1) is 11.3 Å². The predicted octanol–water partition coefficient (Wildman–Crippen LogP) is 6.35. The molecule has 0 saturated heterocycles. The third kappa shape index (κ3) is 6.22. The van der Waals surface area contributed by atoms with E-state index in [-0.39, 0.29) is 5.75 Å². The summed E-state index contributed by atoms with van der Waals surface area (Å²) in [6.45, 7) is 10.2. The molecule has 0 aliphatic heterocycles. The third-order valence-corrected chi connectivity index (χ3v) is 4.30. The first-order chi connectivity index (χ1) is 14.1. The topological polar surface area (TPSA) is 83.8 Å². The second kappa shape index (κ2) is 11.1. The number of pyridine rings is 1. The molecule has 0 aliphatic carbocycles. The van der Waals surface area contributed by atoms with Gasteiger partial charge in [0, 0.05) is 10.9 Å². The molecule has 0 saturated carbocycles. The largest absolute Gasteiger partial charge is 0.508 e. The van der Waals surface area contributed by atoms with E-state index in [1.54, 1.807) is 48.0 Å². The molecule has 4 rings (SSSR count). The predicted molar refractivity (Wildman–Crippen MR) is 122 cm³/mol. The lowest BCUT2D eigenvalue weighted by Crippen LogP contribution is -1.95. The molecule has 0 radical (unpaired) electrons. The van der Waals surface area contributed by atoms with Gasteiger partial charge in [0.05, 0.1) is 29.3 Å². The molecule has 0 fully saturated rings. The molecule has 0 amide bonds. The fraction of sp³-hybridized carbons (Fsp3) is 0.273. The van der Waals surface area contributed by atoms with Crippen molar-refractivity contribution in [3.05, 3.63) is 53.8 Å². The van der Waals surface area contributed by atoms with E-state index < -0.39 is 0 Å².